The molecule has 22 heavy (non-hydrogen) atoms. The lowest BCUT2D eigenvalue weighted by molar-refractivity contribution is 0.199. The molecule has 0 aromatic carbocycles. The molecule has 2 fully saturated rings. The van der Waals surface area contributed by atoms with E-state index in [1.807, 2.05) is 19.3 Å². The van der Waals surface area contributed by atoms with Gasteiger partial charge in [0.15, 0.2) is 0 Å². The molecule has 0 unspecified atom stereocenters. The monoisotopic (exact) mass is 315 g/mol. The maximum atomic E-state index is 4.58. The first-order valence-corrected chi connectivity index (χ1v) is 8.67. The minimum Gasteiger partial charge on any atom is -0.339 e. The summed E-state index contributed by atoms with van der Waals surface area (Å²) in [6.07, 6.45) is 5.08. The molecule has 0 bridgehead atoms. The second-order valence-corrected chi connectivity index (χ2v) is 7.80. The van der Waals surface area contributed by atoms with Crippen LogP contribution in [0.15, 0.2) is 17.8 Å². The molecule has 5 nitrogen and oxygen atoms in total. The number of anilines is 1. The summed E-state index contributed by atoms with van der Waals surface area (Å²) >= 11 is 1.74. The average molecular weight is 315 g/mol. The van der Waals surface area contributed by atoms with Crippen LogP contribution in [0.5, 0.6) is 0 Å². The average Bonchev–Trinajstić information content (AvgIpc) is 3.06. The second kappa shape index (κ2) is 5.28. The van der Waals surface area contributed by atoms with E-state index in [0.29, 0.717) is 5.41 Å². The molecule has 2 aliphatic rings. The summed E-state index contributed by atoms with van der Waals surface area (Å²) in [5, 5.41) is 3.35. The smallest absolute Gasteiger partial charge is 0.225 e. The topological polar surface area (TPSA) is 45.2 Å². The van der Waals surface area contributed by atoms with Crippen molar-refractivity contribution in [1.29, 1.82) is 0 Å². The number of aryl methyl sites for hydroxylation is 2. The van der Waals surface area contributed by atoms with Crippen LogP contribution in [-0.4, -0.2) is 46.0 Å². The van der Waals surface area contributed by atoms with Crippen LogP contribution >= 0.6 is 11.3 Å². The van der Waals surface area contributed by atoms with Crippen molar-refractivity contribution in [3.05, 3.63) is 34.0 Å². The Morgan fingerprint density at radius 2 is 1.95 bits per heavy atom. The molecule has 2 saturated heterocycles. The van der Waals surface area contributed by atoms with Crippen LogP contribution in [-0.2, 0) is 6.54 Å². The van der Waals surface area contributed by atoms with Crippen LogP contribution in [0.3, 0.4) is 0 Å². The summed E-state index contributed by atoms with van der Waals surface area (Å²) in [4.78, 5) is 18.3. The fraction of sp³-hybridized carbons (Fsp3) is 0.562. The number of likely N-dealkylation sites (tertiary alicyclic amines) is 1. The Hall–Kier alpha value is -1.53. The number of hydrogen-bond acceptors (Lipinski definition) is 6. The molecule has 0 N–H and O–H groups in total. The lowest BCUT2D eigenvalue weighted by Gasteiger charge is -2.48. The van der Waals surface area contributed by atoms with Gasteiger partial charge in [0.05, 0.1) is 10.7 Å². The van der Waals surface area contributed by atoms with Gasteiger partial charge in [0.2, 0.25) is 5.95 Å². The molecular weight excluding hydrogens is 294 g/mol. The Bertz CT molecular complexity index is 659. The maximum absolute atomic E-state index is 4.58. The minimum atomic E-state index is 0.444. The fourth-order valence-electron chi connectivity index (χ4n) is 3.58. The predicted octanol–water partition coefficient (Wildman–Crippen LogP) is 2.26. The van der Waals surface area contributed by atoms with Crippen molar-refractivity contribution in [2.75, 3.05) is 31.1 Å². The summed E-state index contributed by atoms with van der Waals surface area (Å²) in [6, 6.07) is 0. The van der Waals surface area contributed by atoms with Crippen molar-refractivity contribution in [2.45, 2.75) is 26.8 Å². The summed E-state index contributed by atoms with van der Waals surface area (Å²) in [5.41, 5.74) is 2.78. The van der Waals surface area contributed by atoms with Gasteiger partial charge in [-0.1, -0.05) is 0 Å². The van der Waals surface area contributed by atoms with Gasteiger partial charge in [-0.05, 0) is 32.4 Å². The third kappa shape index (κ3) is 2.61. The van der Waals surface area contributed by atoms with Gasteiger partial charge in [0.25, 0.3) is 0 Å². The van der Waals surface area contributed by atoms with E-state index in [1.165, 1.54) is 25.2 Å². The highest BCUT2D eigenvalue weighted by molar-refractivity contribution is 7.09. The quantitative estimate of drug-likeness (QED) is 0.869. The van der Waals surface area contributed by atoms with Crippen molar-refractivity contribution < 1.29 is 0 Å². The van der Waals surface area contributed by atoms with Crippen molar-refractivity contribution in [2.24, 2.45) is 5.41 Å². The van der Waals surface area contributed by atoms with E-state index in [4.69, 9.17) is 0 Å². The first kappa shape index (κ1) is 14.1. The Labute approximate surface area is 135 Å². The number of aromatic nitrogens is 3. The number of thiazole rings is 1. The summed E-state index contributed by atoms with van der Waals surface area (Å²) in [5.74, 6) is 0.879. The molecule has 116 valence electrons. The Balaban J connectivity index is 1.35. The van der Waals surface area contributed by atoms with Gasteiger partial charge in [-0.2, -0.15) is 0 Å². The Kier molecular flexibility index (Phi) is 3.38. The molecule has 2 aromatic heterocycles. The van der Waals surface area contributed by atoms with E-state index in [9.17, 15) is 0 Å². The van der Waals surface area contributed by atoms with Crippen LogP contribution in [0, 0.1) is 19.3 Å². The molecule has 0 radical (unpaired) electrons. The zero-order valence-electron chi connectivity index (χ0n) is 13.1. The van der Waals surface area contributed by atoms with Crippen molar-refractivity contribution in [3.8, 4) is 0 Å². The van der Waals surface area contributed by atoms with Crippen LogP contribution < -0.4 is 4.90 Å². The van der Waals surface area contributed by atoms with Crippen molar-refractivity contribution >= 4 is 17.3 Å². The Morgan fingerprint density at radius 1 is 1.18 bits per heavy atom. The molecule has 2 aliphatic heterocycles. The van der Waals surface area contributed by atoms with Gasteiger partial charge in [-0.25, -0.2) is 15.0 Å². The van der Waals surface area contributed by atoms with Gasteiger partial charge < -0.3 is 4.90 Å². The highest BCUT2D eigenvalue weighted by Crippen LogP contribution is 2.41. The van der Waals surface area contributed by atoms with Crippen LogP contribution in [0.25, 0.3) is 0 Å². The standard InChI is InChI=1S/C16H21N5S/c1-12-5-17-15(18-6-12)21-10-16(11-21)3-4-20(9-16)7-14-8-22-13(2)19-14/h5-6,8H,3-4,7,9-11H2,1-2H3. The van der Waals surface area contributed by atoms with Gasteiger partial charge in [-0.15, -0.1) is 11.3 Å². The lowest BCUT2D eigenvalue weighted by Crippen LogP contribution is -2.58. The molecule has 0 saturated carbocycles. The normalized spacial score (nSPS) is 20.5. The van der Waals surface area contributed by atoms with Gasteiger partial charge >= 0.3 is 0 Å². The van der Waals surface area contributed by atoms with E-state index in [2.05, 4.69) is 37.1 Å². The van der Waals surface area contributed by atoms with Crippen molar-refractivity contribution in [1.82, 2.24) is 19.9 Å². The third-order valence-corrected chi connectivity index (χ3v) is 5.49. The molecular formula is C16H21N5S. The van der Waals surface area contributed by atoms with E-state index >= 15 is 0 Å². The fourth-order valence-corrected chi connectivity index (χ4v) is 4.19. The molecule has 1 spiro atoms. The highest BCUT2D eigenvalue weighted by atomic mass is 32.1. The SMILES string of the molecule is Cc1cnc(N2CC3(CCN(Cc4csc(C)n4)C3)C2)nc1. The zero-order valence-corrected chi connectivity index (χ0v) is 13.9. The summed E-state index contributed by atoms with van der Waals surface area (Å²) in [7, 11) is 0. The van der Waals surface area contributed by atoms with Crippen LogP contribution in [0.1, 0.15) is 22.7 Å². The number of nitrogens with zero attached hydrogens (tertiary/aromatic N) is 5. The minimum absolute atomic E-state index is 0.444. The molecule has 2 aromatic rings. The molecule has 0 atom stereocenters. The lowest BCUT2D eigenvalue weighted by atomic mass is 9.79. The van der Waals surface area contributed by atoms with E-state index < -0.39 is 0 Å². The number of hydrogen-bond donors (Lipinski definition) is 0. The molecule has 4 heterocycles. The van der Waals surface area contributed by atoms with Crippen molar-refractivity contribution in [3.63, 3.8) is 0 Å². The summed E-state index contributed by atoms with van der Waals surface area (Å²) < 4.78 is 0. The van der Waals surface area contributed by atoms with Gasteiger partial charge in [-0.3, -0.25) is 4.90 Å². The third-order valence-electron chi connectivity index (χ3n) is 4.67. The number of rotatable bonds is 3. The van der Waals surface area contributed by atoms with E-state index in [0.717, 1.165) is 36.2 Å². The first-order valence-electron chi connectivity index (χ1n) is 7.79. The van der Waals surface area contributed by atoms with E-state index in [-0.39, 0.29) is 0 Å². The summed E-state index contributed by atoms with van der Waals surface area (Å²) in [6.45, 7) is 9.62. The van der Waals surface area contributed by atoms with Gasteiger partial charge in [0, 0.05) is 49.4 Å². The van der Waals surface area contributed by atoms with Gasteiger partial charge in [0.1, 0.15) is 0 Å². The predicted molar refractivity (Wildman–Crippen MR) is 88.2 cm³/mol. The zero-order chi connectivity index (χ0) is 15.2. The molecule has 6 heteroatoms. The molecule has 4 rings (SSSR count). The van der Waals surface area contributed by atoms with Crippen LogP contribution in [0.4, 0.5) is 5.95 Å². The molecule has 0 aliphatic carbocycles. The Morgan fingerprint density at radius 3 is 2.64 bits per heavy atom. The largest absolute Gasteiger partial charge is 0.339 e. The highest BCUT2D eigenvalue weighted by Gasteiger charge is 2.48. The molecule has 0 amide bonds. The first-order chi connectivity index (χ1) is 10.6. The van der Waals surface area contributed by atoms with Crippen LogP contribution in [0.2, 0.25) is 0 Å². The maximum Gasteiger partial charge on any atom is 0.225 e. The van der Waals surface area contributed by atoms with E-state index in [1.54, 1.807) is 11.3 Å². The second-order valence-electron chi connectivity index (χ2n) is 6.73.